The largest absolute Gasteiger partial charge is 0.432 e. The second kappa shape index (κ2) is 8.25. The van der Waals surface area contributed by atoms with Crippen molar-refractivity contribution in [1.29, 1.82) is 0 Å². The number of nitrogens with zero attached hydrogens (tertiary/aromatic N) is 3. The highest BCUT2D eigenvalue weighted by atomic mass is 32.2. The Balaban J connectivity index is 1.80. The van der Waals surface area contributed by atoms with Crippen LogP contribution in [0.2, 0.25) is 0 Å². The van der Waals surface area contributed by atoms with Crippen LogP contribution in [0.1, 0.15) is 0 Å². The quantitative estimate of drug-likeness (QED) is 0.516. The number of benzene rings is 2. The first-order valence-corrected chi connectivity index (χ1v) is 9.87. The third-order valence-corrected chi connectivity index (χ3v) is 6.34. The van der Waals surface area contributed by atoms with E-state index in [2.05, 4.69) is 4.74 Å². The van der Waals surface area contributed by atoms with Crippen LogP contribution in [0.3, 0.4) is 0 Å². The molecule has 8 nitrogen and oxygen atoms in total. The van der Waals surface area contributed by atoms with Gasteiger partial charge in [-0.2, -0.15) is 13.1 Å². The Morgan fingerprint density at radius 2 is 1.72 bits per heavy atom. The number of alkyl halides is 2. The fourth-order valence-corrected chi connectivity index (χ4v) is 4.52. The van der Waals surface area contributed by atoms with E-state index >= 15 is 0 Å². The zero-order chi connectivity index (χ0) is 21.2. The Bertz CT molecular complexity index is 1010. The Morgan fingerprint density at radius 1 is 1.07 bits per heavy atom. The van der Waals surface area contributed by atoms with Crippen molar-refractivity contribution >= 4 is 21.4 Å². The average molecular weight is 431 g/mol. The van der Waals surface area contributed by atoms with Crippen LogP contribution in [0.25, 0.3) is 0 Å². The lowest BCUT2D eigenvalue weighted by molar-refractivity contribution is -0.385. The van der Waals surface area contributed by atoms with E-state index in [1.165, 1.54) is 24.3 Å². The summed E-state index contributed by atoms with van der Waals surface area (Å²) < 4.78 is 70.1. The van der Waals surface area contributed by atoms with Gasteiger partial charge < -0.3 is 9.64 Å². The minimum absolute atomic E-state index is 0.0260. The molecule has 0 spiro atoms. The number of anilines is 1. The van der Waals surface area contributed by atoms with Gasteiger partial charge in [0.1, 0.15) is 10.7 Å². The van der Waals surface area contributed by atoms with Crippen LogP contribution in [0, 0.1) is 15.9 Å². The van der Waals surface area contributed by atoms with Crippen LogP contribution < -0.4 is 9.64 Å². The van der Waals surface area contributed by atoms with Crippen molar-refractivity contribution in [2.45, 2.75) is 11.5 Å². The average Bonchev–Trinajstić information content (AvgIpc) is 2.67. The van der Waals surface area contributed by atoms with Gasteiger partial charge in [0.25, 0.3) is 5.69 Å². The monoisotopic (exact) mass is 431 g/mol. The fourth-order valence-electron chi connectivity index (χ4n) is 3.03. The summed E-state index contributed by atoms with van der Waals surface area (Å²) in [5.41, 5.74) is -0.232. The summed E-state index contributed by atoms with van der Waals surface area (Å²) in [4.78, 5) is 11.3. The highest BCUT2D eigenvalue weighted by molar-refractivity contribution is 7.89. The number of nitro groups is 1. The van der Waals surface area contributed by atoms with Crippen LogP contribution in [0.5, 0.6) is 5.75 Å². The van der Waals surface area contributed by atoms with Gasteiger partial charge in [0.05, 0.1) is 16.7 Å². The third-order valence-electron chi connectivity index (χ3n) is 4.40. The van der Waals surface area contributed by atoms with E-state index in [0.29, 0.717) is 0 Å². The van der Waals surface area contributed by atoms with Crippen molar-refractivity contribution in [1.82, 2.24) is 4.31 Å². The van der Waals surface area contributed by atoms with Crippen LogP contribution in [0.4, 0.5) is 24.5 Å². The maximum absolute atomic E-state index is 13.9. The lowest BCUT2D eigenvalue weighted by atomic mass is 10.2. The first-order valence-electron chi connectivity index (χ1n) is 8.43. The number of ether oxygens (including phenoxy) is 1. The lowest BCUT2D eigenvalue weighted by Gasteiger charge is -2.36. The molecule has 0 amide bonds. The number of halogens is 3. The number of hydrogen-bond donors (Lipinski definition) is 0. The lowest BCUT2D eigenvalue weighted by Crippen LogP contribution is -2.48. The van der Waals surface area contributed by atoms with E-state index in [4.69, 9.17) is 0 Å². The molecular formula is C17H16F3N3O5S. The Morgan fingerprint density at radius 3 is 2.31 bits per heavy atom. The second-order valence-corrected chi connectivity index (χ2v) is 8.02. The molecule has 156 valence electrons. The first-order chi connectivity index (χ1) is 13.7. The summed E-state index contributed by atoms with van der Waals surface area (Å²) in [5, 5.41) is 10.9. The summed E-state index contributed by atoms with van der Waals surface area (Å²) in [6, 6.07) is 8.33. The van der Waals surface area contributed by atoms with Crippen LogP contribution in [-0.2, 0) is 10.0 Å². The molecule has 1 heterocycles. The summed E-state index contributed by atoms with van der Waals surface area (Å²) in [6.45, 7) is -3.03. The summed E-state index contributed by atoms with van der Waals surface area (Å²) in [6.07, 6.45) is 0. The van der Waals surface area contributed by atoms with Crippen molar-refractivity contribution in [3.63, 3.8) is 0 Å². The molecular weight excluding hydrogens is 415 g/mol. The highest BCUT2D eigenvalue weighted by Crippen LogP contribution is 2.34. The standard InChI is InChI=1S/C17H16F3N3O5S/c18-13-3-1-2-4-16(13)29(26,27)22-9-7-21(8-10-22)14-6-5-12(23(24)25)11-15(14)28-17(19)20/h1-6,11,17H,7-10H2. The molecule has 0 bridgehead atoms. The van der Waals surface area contributed by atoms with Gasteiger partial charge in [-0.1, -0.05) is 12.1 Å². The minimum Gasteiger partial charge on any atom is -0.432 e. The van der Waals surface area contributed by atoms with E-state index in [0.717, 1.165) is 22.5 Å². The van der Waals surface area contributed by atoms with E-state index in [-0.39, 0.29) is 37.6 Å². The van der Waals surface area contributed by atoms with Crippen molar-refractivity contribution in [3.8, 4) is 5.75 Å². The maximum Gasteiger partial charge on any atom is 0.387 e. The van der Waals surface area contributed by atoms with E-state index in [1.807, 2.05) is 0 Å². The smallest absolute Gasteiger partial charge is 0.387 e. The zero-order valence-corrected chi connectivity index (χ0v) is 15.7. The second-order valence-electron chi connectivity index (χ2n) is 6.11. The van der Waals surface area contributed by atoms with Gasteiger partial charge in [0, 0.05) is 32.2 Å². The van der Waals surface area contributed by atoms with Gasteiger partial charge in [0.2, 0.25) is 10.0 Å². The molecule has 0 radical (unpaired) electrons. The van der Waals surface area contributed by atoms with Crippen molar-refractivity contribution in [2.75, 3.05) is 31.1 Å². The van der Waals surface area contributed by atoms with E-state index in [1.54, 1.807) is 4.90 Å². The van der Waals surface area contributed by atoms with Gasteiger partial charge in [-0.25, -0.2) is 12.8 Å². The molecule has 3 rings (SSSR count). The molecule has 2 aromatic carbocycles. The molecule has 0 unspecified atom stereocenters. The third kappa shape index (κ3) is 4.43. The van der Waals surface area contributed by atoms with Crippen LogP contribution in [0.15, 0.2) is 47.4 Å². The van der Waals surface area contributed by atoms with Crippen LogP contribution in [-0.4, -0.2) is 50.4 Å². The number of piperazine rings is 1. The van der Waals surface area contributed by atoms with Gasteiger partial charge in [0.15, 0.2) is 5.75 Å². The number of hydrogen-bond acceptors (Lipinski definition) is 6. The maximum atomic E-state index is 13.9. The minimum atomic E-state index is -4.05. The Labute approximate surface area is 164 Å². The number of rotatable bonds is 6. The molecule has 2 aromatic rings. The zero-order valence-electron chi connectivity index (χ0n) is 14.9. The van der Waals surface area contributed by atoms with Crippen molar-refractivity contribution < 1.29 is 31.2 Å². The topological polar surface area (TPSA) is 93.0 Å². The van der Waals surface area contributed by atoms with Crippen molar-refractivity contribution in [2.24, 2.45) is 0 Å². The molecule has 0 N–H and O–H groups in total. The molecule has 0 aliphatic carbocycles. The first kappa shape index (κ1) is 20.9. The van der Waals surface area contributed by atoms with Crippen molar-refractivity contribution in [3.05, 3.63) is 58.4 Å². The molecule has 1 aliphatic rings. The fraction of sp³-hybridized carbons (Fsp3) is 0.294. The Hall–Kier alpha value is -2.86. The highest BCUT2D eigenvalue weighted by Gasteiger charge is 2.31. The molecule has 1 saturated heterocycles. The number of sulfonamides is 1. The molecule has 12 heteroatoms. The van der Waals surface area contributed by atoms with Gasteiger partial charge in [-0.15, -0.1) is 0 Å². The summed E-state index contributed by atoms with van der Waals surface area (Å²) in [5.74, 6) is -1.24. The Kier molecular flexibility index (Phi) is 5.94. The van der Waals surface area contributed by atoms with E-state index in [9.17, 15) is 31.7 Å². The number of nitro benzene ring substituents is 1. The predicted octanol–water partition coefficient (Wildman–Crippen LogP) is 2.85. The van der Waals surface area contributed by atoms with E-state index < -0.39 is 38.0 Å². The van der Waals surface area contributed by atoms with Crippen LogP contribution >= 0.6 is 0 Å². The predicted molar refractivity (Wildman–Crippen MR) is 97.1 cm³/mol. The number of non-ortho nitro benzene ring substituents is 1. The van der Waals surface area contributed by atoms with Gasteiger partial charge in [-0.3, -0.25) is 10.1 Å². The molecule has 1 aliphatic heterocycles. The molecule has 0 aromatic heterocycles. The normalized spacial score (nSPS) is 15.5. The summed E-state index contributed by atoms with van der Waals surface area (Å²) in [7, 11) is -4.05. The van der Waals surface area contributed by atoms with Gasteiger partial charge >= 0.3 is 6.61 Å². The molecule has 29 heavy (non-hydrogen) atoms. The molecule has 1 fully saturated rings. The molecule has 0 saturated carbocycles. The van der Waals surface area contributed by atoms with Gasteiger partial charge in [-0.05, 0) is 18.2 Å². The SMILES string of the molecule is O=[N+]([O-])c1ccc(N2CCN(S(=O)(=O)c3ccccc3F)CC2)c(OC(F)F)c1. The molecule has 0 atom stereocenters. The summed E-state index contributed by atoms with van der Waals surface area (Å²) >= 11 is 0.